The van der Waals surface area contributed by atoms with Crippen LogP contribution >= 0.6 is 11.6 Å². The Bertz CT molecular complexity index is 1290. The van der Waals surface area contributed by atoms with Crippen LogP contribution in [0.1, 0.15) is 49.6 Å². The van der Waals surface area contributed by atoms with Crippen molar-refractivity contribution in [1.29, 1.82) is 0 Å². The third-order valence-corrected chi connectivity index (χ3v) is 7.28. The first-order valence-corrected chi connectivity index (χ1v) is 11.7. The van der Waals surface area contributed by atoms with Crippen molar-refractivity contribution >= 4 is 34.4 Å². The number of amides is 1. The first-order chi connectivity index (χ1) is 16.2. The molecule has 2 aliphatic rings. The van der Waals surface area contributed by atoms with Crippen molar-refractivity contribution in [3.8, 4) is 5.75 Å². The molecule has 34 heavy (non-hydrogen) atoms. The number of primary amides is 1. The van der Waals surface area contributed by atoms with Crippen LogP contribution in [0.15, 0.2) is 12.4 Å². The molecule has 180 valence electrons. The van der Waals surface area contributed by atoms with E-state index in [-0.39, 0.29) is 35.0 Å². The quantitative estimate of drug-likeness (QED) is 0.579. The average Bonchev–Trinajstić information content (AvgIpc) is 2.98. The summed E-state index contributed by atoms with van der Waals surface area (Å²) < 4.78 is 23.4. The molecule has 1 saturated carbocycles. The maximum absolute atomic E-state index is 15.3. The van der Waals surface area contributed by atoms with Crippen LogP contribution in [0.5, 0.6) is 5.75 Å². The number of halogens is 2. The number of hydrogen-bond donors (Lipinski definition) is 2. The number of aryl methyl sites for hydroxylation is 1. The van der Waals surface area contributed by atoms with Crippen molar-refractivity contribution in [1.82, 2.24) is 24.6 Å². The second-order valence-electron chi connectivity index (χ2n) is 9.32. The molecule has 1 aliphatic heterocycles. The third-order valence-electron chi connectivity index (χ3n) is 7.01. The number of benzene rings is 1. The minimum Gasteiger partial charge on any atom is -0.489 e. The normalized spacial score (nSPS) is 23.6. The van der Waals surface area contributed by atoms with Crippen LogP contribution in [0.4, 0.5) is 10.2 Å². The standard InChI is InChI=1S/C23H27ClFN7O2/c1-10-7-31(14-4-13(5-14)22(27)33)8-16-19(25)17(24)6-15(20(16)34-10)12(3)32-23-18(11(2)30-32)21(26)28-9-29-23/h6,9-10,12-14H,4-5,7-8H2,1-3H3,(H2,27,33)(H2,26,28,29)/t10-,12?,13?,14?/m0/s1. The number of fused-ring (bicyclic) bond motifs is 2. The lowest BCUT2D eigenvalue weighted by atomic mass is 9.78. The molecule has 5 rings (SSSR count). The van der Waals surface area contributed by atoms with Crippen LogP contribution < -0.4 is 16.2 Å². The zero-order valence-electron chi connectivity index (χ0n) is 19.3. The van der Waals surface area contributed by atoms with E-state index in [0.29, 0.717) is 65.4 Å². The molecule has 0 saturated heterocycles. The molecule has 1 aromatic carbocycles. The van der Waals surface area contributed by atoms with Crippen LogP contribution in [-0.4, -0.2) is 49.2 Å². The fraction of sp³-hybridized carbons (Fsp3) is 0.478. The number of hydrogen-bond acceptors (Lipinski definition) is 7. The summed E-state index contributed by atoms with van der Waals surface area (Å²) in [7, 11) is 0. The molecule has 1 unspecified atom stereocenters. The fourth-order valence-electron chi connectivity index (χ4n) is 5.08. The van der Waals surface area contributed by atoms with E-state index < -0.39 is 5.82 Å². The zero-order chi connectivity index (χ0) is 24.3. The van der Waals surface area contributed by atoms with Gasteiger partial charge in [0, 0.05) is 36.2 Å². The van der Waals surface area contributed by atoms with Gasteiger partial charge >= 0.3 is 0 Å². The second kappa shape index (κ2) is 8.35. The Hall–Kier alpha value is -2.98. The van der Waals surface area contributed by atoms with Crippen molar-refractivity contribution in [2.45, 2.75) is 58.3 Å². The molecule has 2 atom stereocenters. The molecule has 0 bridgehead atoms. The van der Waals surface area contributed by atoms with Gasteiger partial charge in [0.15, 0.2) is 5.65 Å². The van der Waals surface area contributed by atoms with Crippen molar-refractivity contribution in [2.75, 3.05) is 12.3 Å². The molecule has 11 heteroatoms. The van der Waals surface area contributed by atoms with Gasteiger partial charge in [-0.25, -0.2) is 19.0 Å². The summed E-state index contributed by atoms with van der Waals surface area (Å²) in [4.78, 5) is 22.1. The van der Waals surface area contributed by atoms with Crippen molar-refractivity contribution < 1.29 is 13.9 Å². The number of nitrogen functional groups attached to an aromatic ring is 1. The minimum atomic E-state index is -0.495. The zero-order valence-corrected chi connectivity index (χ0v) is 20.0. The Labute approximate surface area is 201 Å². The summed E-state index contributed by atoms with van der Waals surface area (Å²) in [5.74, 6) is -0.0851. The number of anilines is 1. The Balaban J connectivity index is 1.56. The van der Waals surface area contributed by atoms with Gasteiger partial charge in [-0.1, -0.05) is 11.6 Å². The van der Waals surface area contributed by atoms with E-state index >= 15 is 4.39 Å². The number of nitrogens with zero attached hydrogens (tertiary/aromatic N) is 5. The van der Waals surface area contributed by atoms with Gasteiger partial charge in [-0.15, -0.1) is 0 Å². The van der Waals surface area contributed by atoms with Crippen LogP contribution in [0.2, 0.25) is 5.02 Å². The third kappa shape index (κ3) is 3.65. The molecule has 1 amide bonds. The van der Waals surface area contributed by atoms with E-state index in [1.54, 1.807) is 10.7 Å². The molecule has 0 radical (unpaired) electrons. The highest BCUT2D eigenvalue weighted by atomic mass is 35.5. The summed E-state index contributed by atoms with van der Waals surface area (Å²) in [6.45, 7) is 6.67. The SMILES string of the molecule is Cc1nn(C(C)c2cc(Cl)c(F)c3c2O[C@@H](C)CN(C2CC(C(N)=O)C2)C3)c2ncnc(N)c12. The Morgan fingerprint density at radius 2 is 2.09 bits per heavy atom. The maximum atomic E-state index is 15.3. The highest BCUT2D eigenvalue weighted by Gasteiger charge is 2.40. The summed E-state index contributed by atoms with van der Waals surface area (Å²) in [6.07, 6.45) is 2.54. The van der Waals surface area contributed by atoms with Crippen molar-refractivity contribution in [3.63, 3.8) is 0 Å². The number of carbonyl (C=O) groups is 1. The van der Waals surface area contributed by atoms with Crippen LogP contribution in [0.3, 0.4) is 0 Å². The molecular formula is C23H27ClFN7O2. The molecule has 1 fully saturated rings. The van der Waals surface area contributed by atoms with E-state index in [2.05, 4.69) is 20.0 Å². The van der Waals surface area contributed by atoms with Gasteiger partial charge in [0.2, 0.25) is 5.91 Å². The van der Waals surface area contributed by atoms with E-state index in [1.165, 1.54) is 6.33 Å². The van der Waals surface area contributed by atoms with E-state index in [0.717, 1.165) is 0 Å². The lowest BCUT2D eigenvalue weighted by molar-refractivity contribution is -0.126. The van der Waals surface area contributed by atoms with Gasteiger partial charge in [-0.2, -0.15) is 5.10 Å². The monoisotopic (exact) mass is 487 g/mol. The smallest absolute Gasteiger partial charge is 0.220 e. The summed E-state index contributed by atoms with van der Waals surface area (Å²) in [5, 5.41) is 5.35. The number of ether oxygens (including phenoxy) is 1. The van der Waals surface area contributed by atoms with Crippen molar-refractivity contribution in [3.05, 3.63) is 40.1 Å². The summed E-state index contributed by atoms with van der Waals surface area (Å²) >= 11 is 6.37. The highest BCUT2D eigenvalue weighted by Crippen LogP contribution is 2.42. The van der Waals surface area contributed by atoms with Crippen LogP contribution in [0.25, 0.3) is 11.0 Å². The van der Waals surface area contributed by atoms with Gasteiger partial charge in [0.1, 0.15) is 29.8 Å². The summed E-state index contributed by atoms with van der Waals surface area (Å²) in [6, 6.07) is 1.38. The fourth-order valence-corrected chi connectivity index (χ4v) is 5.31. The summed E-state index contributed by atoms with van der Waals surface area (Å²) in [5.41, 5.74) is 13.9. The molecule has 0 spiro atoms. The van der Waals surface area contributed by atoms with Gasteiger partial charge in [0.25, 0.3) is 0 Å². The molecule has 3 heterocycles. The maximum Gasteiger partial charge on any atom is 0.220 e. The lowest BCUT2D eigenvalue weighted by Crippen LogP contribution is -2.49. The molecular weight excluding hydrogens is 461 g/mol. The first kappa shape index (κ1) is 22.8. The number of carbonyl (C=O) groups excluding carboxylic acids is 1. The molecule has 2 aromatic heterocycles. The largest absolute Gasteiger partial charge is 0.489 e. The van der Waals surface area contributed by atoms with Crippen LogP contribution in [-0.2, 0) is 11.3 Å². The van der Waals surface area contributed by atoms with Gasteiger partial charge in [-0.05, 0) is 39.7 Å². The Morgan fingerprint density at radius 1 is 1.35 bits per heavy atom. The van der Waals surface area contributed by atoms with E-state index in [1.807, 2.05) is 20.8 Å². The van der Waals surface area contributed by atoms with Crippen LogP contribution in [0, 0.1) is 18.7 Å². The van der Waals surface area contributed by atoms with Gasteiger partial charge in [-0.3, -0.25) is 9.69 Å². The average molecular weight is 488 g/mol. The minimum absolute atomic E-state index is 0.0182. The highest BCUT2D eigenvalue weighted by molar-refractivity contribution is 6.31. The lowest BCUT2D eigenvalue weighted by Gasteiger charge is -2.41. The topological polar surface area (TPSA) is 125 Å². The van der Waals surface area contributed by atoms with Gasteiger partial charge < -0.3 is 16.2 Å². The number of rotatable bonds is 4. The number of aromatic nitrogens is 4. The molecule has 3 aromatic rings. The van der Waals surface area contributed by atoms with Gasteiger partial charge in [0.05, 0.1) is 22.1 Å². The van der Waals surface area contributed by atoms with E-state index in [9.17, 15) is 4.79 Å². The molecule has 1 aliphatic carbocycles. The predicted octanol–water partition coefficient (Wildman–Crippen LogP) is 2.97. The molecule has 9 nitrogen and oxygen atoms in total. The molecule has 4 N–H and O–H groups in total. The number of nitrogens with two attached hydrogens (primary N) is 2. The Kier molecular flexibility index (Phi) is 5.60. The van der Waals surface area contributed by atoms with E-state index in [4.69, 9.17) is 27.8 Å². The second-order valence-corrected chi connectivity index (χ2v) is 9.72. The predicted molar refractivity (Wildman–Crippen MR) is 126 cm³/mol. The van der Waals surface area contributed by atoms with Crippen molar-refractivity contribution in [2.24, 2.45) is 11.7 Å². The Morgan fingerprint density at radius 3 is 2.79 bits per heavy atom. The first-order valence-electron chi connectivity index (χ1n) is 11.3.